The van der Waals surface area contributed by atoms with Crippen LogP contribution in [0, 0.1) is 19.8 Å². The number of carbonyl (C=O) groups excluding carboxylic acids is 1. The number of piperidine rings is 1. The summed E-state index contributed by atoms with van der Waals surface area (Å²) in [5, 5.41) is 7.69. The average Bonchev–Trinajstić information content (AvgIpc) is 3.29. The fourth-order valence-corrected chi connectivity index (χ4v) is 4.09. The van der Waals surface area contributed by atoms with Gasteiger partial charge < -0.3 is 9.84 Å². The predicted octanol–water partition coefficient (Wildman–Crippen LogP) is 3.06. The number of likely N-dealkylation sites (tertiary alicyclic amines) is 1. The van der Waals surface area contributed by atoms with E-state index in [9.17, 15) is 4.79 Å². The molecule has 0 aliphatic carbocycles. The molecule has 0 radical (unpaired) electrons. The van der Waals surface area contributed by atoms with Crippen molar-refractivity contribution in [1.29, 1.82) is 0 Å². The first kappa shape index (κ1) is 18.7. The van der Waals surface area contributed by atoms with Gasteiger partial charge in [0, 0.05) is 29.4 Å². The smallest absolute Gasteiger partial charge is 0.241 e. The fraction of sp³-hybridized carbons (Fsp3) is 0.421. The number of carbonyl (C=O) groups is 1. The number of nitrogens with one attached hydrogen (secondary N) is 1. The van der Waals surface area contributed by atoms with Gasteiger partial charge in [0.25, 0.3) is 0 Å². The molecule has 4 heterocycles. The number of hydrogen-bond donors (Lipinski definition) is 1. The van der Waals surface area contributed by atoms with E-state index in [1.54, 1.807) is 12.4 Å². The van der Waals surface area contributed by atoms with Gasteiger partial charge in [-0.1, -0.05) is 5.16 Å². The van der Waals surface area contributed by atoms with E-state index in [0.29, 0.717) is 29.9 Å². The van der Waals surface area contributed by atoms with Crippen molar-refractivity contribution in [2.75, 3.05) is 18.4 Å². The lowest BCUT2D eigenvalue weighted by Gasteiger charge is -2.30. The van der Waals surface area contributed by atoms with Crippen LogP contribution in [0.2, 0.25) is 0 Å². The lowest BCUT2D eigenvalue weighted by Crippen LogP contribution is -2.40. The number of thiazole rings is 1. The first-order chi connectivity index (χ1) is 13.6. The third-order valence-corrected chi connectivity index (χ3v) is 5.89. The summed E-state index contributed by atoms with van der Waals surface area (Å²) in [6, 6.07) is 3.69. The number of rotatable bonds is 5. The Bertz CT molecular complexity index is 935. The zero-order chi connectivity index (χ0) is 19.5. The van der Waals surface area contributed by atoms with Gasteiger partial charge in [-0.25, -0.2) is 4.98 Å². The Balaban J connectivity index is 1.36. The van der Waals surface area contributed by atoms with Gasteiger partial charge in [0.15, 0.2) is 5.13 Å². The maximum Gasteiger partial charge on any atom is 0.241 e. The van der Waals surface area contributed by atoms with Crippen molar-refractivity contribution in [3.63, 3.8) is 0 Å². The van der Waals surface area contributed by atoms with Crippen LogP contribution in [-0.4, -0.2) is 44.0 Å². The summed E-state index contributed by atoms with van der Waals surface area (Å²) in [4.78, 5) is 28.8. The van der Waals surface area contributed by atoms with Gasteiger partial charge in [-0.15, -0.1) is 11.3 Å². The molecular formula is C19H22N6O2S. The molecule has 1 saturated heterocycles. The van der Waals surface area contributed by atoms with Gasteiger partial charge in [-0.2, -0.15) is 4.98 Å². The van der Waals surface area contributed by atoms with E-state index in [2.05, 4.69) is 30.3 Å². The number of hydrogen-bond acceptors (Lipinski definition) is 8. The predicted molar refractivity (Wildman–Crippen MR) is 106 cm³/mol. The molecule has 1 amide bonds. The second kappa shape index (κ2) is 8.15. The number of pyridine rings is 1. The van der Waals surface area contributed by atoms with E-state index in [4.69, 9.17) is 4.52 Å². The lowest BCUT2D eigenvalue weighted by molar-refractivity contribution is -0.121. The summed E-state index contributed by atoms with van der Waals surface area (Å²) >= 11 is 1.52. The Morgan fingerprint density at radius 1 is 1.32 bits per heavy atom. The second-order valence-electron chi connectivity index (χ2n) is 6.97. The van der Waals surface area contributed by atoms with Crippen molar-refractivity contribution in [1.82, 2.24) is 25.0 Å². The van der Waals surface area contributed by atoms with Crippen LogP contribution in [-0.2, 0) is 11.3 Å². The minimum absolute atomic E-state index is 0.0291. The van der Waals surface area contributed by atoms with E-state index in [0.717, 1.165) is 35.5 Å². The lowest BCUT2D eigenvalue weighted by atomic mass is 9.97. The summed E-state index contributed by atoms with van der Waals surface area (Å²) in [6.45, 7) is 6.08. The molecule has 3 aromatic heterocycles. The molecule has 1 atom stereocenters. The van der Waals surface area contributed by atoms with Crippen molar-refractivity contribution >= 4 is 22.4 Å². The molecule has 146 valence electrons. The highest BCUT2D eigenvalue weighted by molar-refractivity contribution is 7.15. The molecule has 1 aliphatic heterocycles. The minimum atomic E-state index is -0.0687. The highest BCUT2D eigenvalue weighted by Crippen LogP contribution is 2.24. The van der Waals surface area contributed by atoms with E-state index >= 15 is 0 Å². The summed E-state index contributed by atoms with van der Waals surface area (Å²) in [7, 11) is 0. The molecule has 8 nitrogen and oxygen atoms in total. The first-order valence-electron chi connectivity index (χ1n) is 9.28. The van der Waals surface area contributed by atoms with Crippen LogP contribution >= 0.6 is 11.3 Å². The van der Waals surface area contributed by atoms with Crippen LogP contribution in [0.15, 0.2) is 29.0 Å². The molecule has 3 aromatic rings. The second-order valence-corrected chi connectivity index (χ2v) is 8.17. The molecule has 0 aromatic carbocycles. The van der Waals surface area contributed by atoms with Gasteiger partial charge in [0.05, 0.1) is 18.2 Å². The molecule has 28 heavy (non-hydrogen) atoms. The summed E-state index contributed by atoms with van der Waals surface area (Å²) in [5.41, 5.74) is 1.84. The van der Waals surface area contributed by atoms with E-state index in [-0.39, 0.29) is 11.8 Å². The van der Waals surface area contributed by atoms with Crippen molar-refractivity contribution < 1.29 is 9.32 Å². The number of nitrogens with zero attached hydrogens (tertiary/aromatic N) is 5. The van der Waals surface area contributed by atoms with Crippen LogP contribution in [0.25, 0.3) is 11.4 Å². The quantitative estimate of drug-likeness (QED) is 0.705. The molecule has 1 aliphatic rings. The molecule has 0 saturated carbocycles. The van der Waals surface area contributed by atoms with Gasteiger partial charge in [-0.05, 0) is 45.4 Å². The van der Waals surface area contributed by atoms with E-state index < -0.39 is 0 Å². The van der Waals surface area contributed by atoms with Gasteiger partial charge in [0.2, 0.25) is 17.6 Å². The Morgan fingerprint density at radius 3 is 2.89 bits per heavy atom. The van der Waals surface area contributed by atoms with Crippen LogP contribution in [0.1, 0.15) is 29.3 Å². The van der Waals surface area contributed by atoms with Crippen molar-refractivity contribution in [2.24, 2.45) is 5.92 Å². The maximum atomic E-state index is 12.6. The van der Waals surface area contributed by atoms with E-state index in [1.165, 1.54) is 11.3 Å². The largest absolute Gasteiger partial charge is 0.338 e. The first-order valence-corrected chi connectivity index (χ1v) is 10.1. The Morgan fingerprint density at radius 2 is 2.14 bits per heavy atom. The Labute approximate surface area is 167 Å². The van der Waals surface area contributed by atoms with E-state index in [1.807, 2.05) is 26.0 Å². The third kappa shape index (κ3) is 4.26. The summed E-state index contributed by atoms with van der Waals surface area (Å²) in [5.74, 6) is 1.07. The van der Waals surface area contributed by atoms with Crippen LogP contribution in [0.4, 0.5) is 5.13 Å². The van der Waals surface area contributed by atoms with Gasteiger partial charge in [-0.3, -0.25) is 14.7 Å². The van der Waals surface area contributed by atoms with Crippen molar-refractivity contribution in [3.8, 4) is 11.4 Å². The molecule has 1 unspecified atom stereocenters. The summed E-state index contributed by atoms with van der Waals surface area (Å²) < 4.78 is 5.40. The third-order valence-electron chi connectivity index (χ3n) is 4.90. The number of aryl methyl sites for hydroxylation is 2. The maximum absolute atomic E-state index is 12.6. The van der Waals surface area contributed by atoms with Crippen molar-refractivity contribution in [3.05, 3.63) is 41.0 Å². The zero-order valence-electron chi connectivity index (χ0n) is 15.9. The molecule has 0 spiro atoms. The molecule has 1 N–H and O–H groups in total. The Hall–Kier alpha value is -2.65. The van der Waals surface area contributed by atoms with Gasteiger partial charge in [0.1, 0.15) is 0 Å². The number of aromatic nitrogens is 4. The molecule has 1 fully saturated rings. The Kier molecular flexibility index (Phi) is 5.45. The average molecular weight is 398 g/mol. The SMILES string of the molecule is Cc1nc(NC(=O)C2CCCN(Cc3nc(-c4ccncc4)no3)C2)sc1C. The highest BCUT2D eigenvalue weighted by atomic mass is 32.1. The topological polar surface area (TPSA) is 97.0 Å². The minimum Gasteiger partial charge on any atom is -0.338 e. The number of amides is 1. The molecule has 0 bridgehead atoms. The van der Waals surface area contributed by atoms with Crippen LogP contribution < -0.4 is 5.32 Å². The molecular weight excluding hydrogens is 376 g/mol. The van der Waals surface area contributed by atoms with Crippen LogP contribution in [0.3, 0.4) is 0 Å². The normalized spacial score (nSPS) is 17.6. The zero-order valence-corrected chi connectivity index (χ0v) is 16.7. The number of anilines is 1. The van der Waals surface area contributed by atoms with Crippen molar-refractivity contribution in [2.45, 2.75) is 33.2 Å². The standard InChI is InChI=1S/C19H22N6O2S/c1-12-13(2)28-19(21-12)23-18(26)15-4-3-9-25(10-15)11-16-22-17(24-27-16)14-5-7-20-8-6-14/h5-8,15H,3-4,9-11H2,1-2H3,(H,21,23,26). The van der Waals surface area contributed by atoms with Gasteiger partial charge >= 0.3 is 0 Å². The van der Waals surface area contributed by atoms with Crippen LogP contribution in [0.5, 0.6) is 0 Å². The molecule has 4 rings (SSSR count). The highest BCUT2D eigenvalue weighted by Gasteiger charge is 2.27. The monoisotopic (exact) mass is 398 g/mol. The summed E-state index contributed by atoms with van der Waals surface area (Å²) in [6.07, 6.45) is 5.23. The fourth-order valence-electron chi connectivity index (χ4n) is 3.28. The molecule has 9 heteroatoms.